The number of carbonyl (C=O) groups is 3. The maximum atomic E-state index is 13.3. The highest BCUT2D eigenvalue weighted by atomic mass is 19.4. The van der Waals surface area contributed by atoms with Gasteiger partial charge in [-0.05, 0) is 36.8 Å². The number of ether oxygens (including phenoxy) is 3. The molecule has 1 saturated heterocycles. The number of nitrogens with one attached hydrogen (secondary N) is 1. The van der Waals surface area contributed by atoms with Gasteiger partial charge in [-0.2, -0.15) is 13.2 Å². The van der Waals surface area contributed by atoms with Crippen molar-refractivity contribution in [2.45, 2.75) is 31.7 Å². The molecular weight excluding hydrogens is 469 g/mol. The summed E-state index contributed by atoms with van der Waals surface area (Å²) < 4.78 is 55.5. The Morgan fingerprint density at radius 2 is 1.86 bits per heavy atom. The molecule has 2 aliphatic rings. The number of cyclic esters (lactones) is 1. The van der Waals surface area contributed by atoms with Crippen LogP contribution < -0.4 is 10.2 Å². The van der Waals surface area contributed by atoms with Gasteiger partial charge in [0, 0.05) is 19.5 Å². The van der Waals surface area contributed by atoms with Gasteiger partial charge in [-0.3, -0.25) is 4.79 Å². The molecule has 2 aromatic rings. The second-order valence-electron chi connectivity index (χ2n) is 8.15. The molecule has 35 heavy (non-hydrogen) atoms. The lowest BCUT2D eigenvalue weighted by Crippen LogP contribution is -2.40. The minimum Gasteiger partial charge on any atom is -0.450 e. The Kier molecular flexibility index (Phi) is 6.97. The molecule has 0 aliphatic carbocycles. The van der Waals surface area contributed by atoms with Gasteiger partial charge in [-0.25, -0.2) is 9.59 Å². The first-order chi connectivity index (χ1) is 16.6. The second kappa shape index (κ2) is 9.95. The summed E-state index contributed by atoms with van der Waals surface area (Å²) in [5.74, 6) is -2.42. The van der Waals surface area contributed by atoms with Crippen molar-refractivity contribution in [3.63, 3.8) is 0 Å². The van der Waals surface area contributed by atoms with Crippen LogP contribution in [0.25, 0.3) is 0 Å². The Morgan fingerprint density at radius 3 is 2.57 bits per heavy atom. The summed E-state index contributed by atoms with van der Waals surface area (Å²) in [7, 11) is 0. The molecule has 4 rings (SSSR count). The molecule has 0 saturated carbocycles. The molecule has 2 unspecified atom stereocenters. The van der Waals surface area contributed by atoms with Gasteiger partial charge in [0.1, 0.15) is 0 Å². The number of halogens is 3. The second-order valence-corrected chi connectivity index (χ2v) is 8.15. The fourth-order valence-electron chi connectivity index (χ4n) is 3.89. The predicted octanol–water partition coefficient (Wildman–Crippen LogP) is 3.19. The molecule has 1 amide bonds. The van der Waals surface area contributed by atoms with E-state index in [9.17, 15) is 27.6 Å². The standard InChI is InChI=1S/C24H23F3N2O6/c1-14(34-23(32)20-12-15-4-2-3-5-17(15)22(31)35-20)21(30)28-18-13-16(24(25,26)27)6-7-19(18)29-8-10-33-11-9-29/h2-7,13-14,20H,8-12H2,1H3,(H,28,30). The molecule has 0 bridgehead atoms. The number of hydrogen-bond acceptors (Lipinski definition) is 7. The molecule has 186 valence electrons. The number of fused-ring (bicyclic) bond motifs is 1. The molecule has 2 heterocycles. The van der Waals surface area contributed by atoms with Crippen molar-refractivity contribution in [2.75, 3.05) is 36.5 Å². The van der Waals surface area contributed by atoms with Crippen molar-refractivity contribution < 1.29 is 41.8 Å². The van der Waals surface area contributed by atoms with Crippen LogP contribution in [-0.2, 0) is 36.4 Å². The molecule has 0 radical (unpaired) electrons. The third kappa shape index (κ3) is 5.56. The third-order valence-corrected chi connectivity index (χ3v) is 5.75. The lowest BCUT2D eigenvalue weighted by atomic mass is 9.99. The van der Waals surface area contributed by atoms with E-state index in [4.69, 9.17) is 14.2 Å². The van der Waals surface area contributed by atoms with Crippen LogP contribution in [0, 0.1) is 0 Å². The van der Waals surface area contributed by atoms with Crippen molar-refractivity contribution >= 4 is 29.2 Å². The van der Waals surface area contributed by atoms with E-state index in [-0.39, 0.29) is 12.1 Å². The number of carbonyl (C=O) groups excluding carboxylic acids is 3. The Labute approximate surface area is 198 Å². The number of nitrogens with zero attached hydrogens (tertiary/aromatic N) is 1. The van der Waals surface area contributed by atoms with Crippen LogP contribution in [0.15, 0.2) is 42.5 Å². The Hall–Kier alpha value is -3.60. The van der Waals surface area contributed by atoms with Crippen LogP contribution >= 0.6 is 0 Å². The van der Waals surface area contributed by atoms with Gasteiger partial charge in [-0.15, -0.1) is 0 Å². The average Bonchev–Trinajstić information content (AvgIpc) is 2.84. The van der Waals surface area contributed by atoms with Crippen LogP contribution in [-0.4, -0.2) is 56.4 Å². The molecule has 1 N–H and O–H groups in total. The highest BCUT2D eigenvalue weighted by molar-refractivity contribution is 5.99. The lowest BCUT2D eigenvalue weighted by Gasteiger charge is -2.31. The fourth-order valence-corrected chi connectivity index (χ4v) is 3.89. The Morgan fingerprint density at radius 1 is 1.14 bits per heavy atom. The van der Waals surface area contributed by atoms with Crippen molar-refractivity contribution in [2.24, 2.45) is 0 Å². The summed E-state index contributed by atoms with van der Waals surface area (Å²) in [5, 5.41) is 2.45. The van der Waals surface area contributed by atoms with Gasteiger partial charge in [0.2, 0.25) is 6.10 Å². The van der Waals surface area contributed by atoms with E-state index >= 15 is 0 Å². The summed E-state index contributed by atoms with van der Waals surface area (Å²) >= 11 is 0. The van der Waals surface area contributed by atoms with Crippen molar-refractivity contribution in [3.05, 3.63) is 59.2 Å². The molecule has 8 nitrogen and oxygen atoms in total. The Balaban J connectivity index is 1.47. The van der Waals surface area contributed by atoms with E-state index in [0.717, 1.165) is 12.1 Å². The number of amides is 1. The zero-order valence-corrected chi connectivity index (χ0v) is 18.8. The first-order valence-corrected chi connectivity index (χ1v) is 11.0. The van der Waals surface area contributed by atoms with E-state index in [1.54, 1.807) is 29.2 Å². The number of esters is 2. The predicted molar refractivity (Wildman–Crippen MR) is 118 cm³/mol. The summed E-state index contributed by atoms with van der Waals surface area (Å²) in [6.07, 6.45) is -7.11. The van der Waals surface area contributed by atoms with E-state index in [2.05, 4.69) is 5.32 Å². The van der Waals surface area contributed by atoms with Gasteiger partial charge < -0.3 is 24.4 Å². The quantitative estimate of drug-likeness (QED) is 0.641. The van der Waals surface area contributed by atoms with Crippen LogP contribution in [0.4, 0.5) is 24.5 Å². The number of anilines is 2. The first-order valence-electron chi connectivity index (χ1n) is 11.0. The third-order valence-electron chi connectivity index (χ3n) is 5.75. The molecule has 0 aromatic heterocycles. The van der Waals surface area contributed by atoms with Gasteiger partial charge in [0.05, 0.1) is 35.7 Å². The van der Waals surface area contributed by atoms with Crippen LogP contribution in [0.1, 0.15) is 28.4 Å². The molecule has 11 heteroatoms. The smallest absolute Gasteiger partial charge is 0.416 e. The maximum absolute atomic E-state index is 13.3. The number of morpholine rings is 1. The topological polar surface area (TPSA) is 94.2 Å². The van der Waals surface area contributed by atoms with E-state index in [1.165, 1.54) is 13.0 Å². The normalized spacial score (nSPS) is 18.8. The van der Waals surface area contributed by atoms with Crippen molar-refractivity contribution in [1.82, 2.24) is 0 Å². The van der Waals surface area contributed by atoms with Gasteiger partial charge >= 0.3 is 18.1 Å². The molecule has 2 atom stereocenters. The maximum Gasteiger partial charge on any atom is 0.416 e. The number of hydrogen-bond donors (Lipinski definition) is 1. The molecule has 0 spiro atoms. The zero-order valence-electron chi connectivity index (χ0n) is 18.8. The molecule has 1 fully saturated rings. The van der Waals surface area contributed by atoms with Gasteiger partial charge in [0.25, 0.3) is 5.91 Å². The van der Waals surface area contributed by atoms with Crippen LogP contribution in [0.3, 0.4) is 0 Å². The number of alkyl halides is 3. The minimum absolute atomic E-state index is 0.0624. The Bertz CT molecular complexity index is 1130. The summed E-state index contributed by atoms with van der Waals surface area (Å²) in [5.41, 5.74) is 0.366. The monoisotopic (exact) mass is 492 g/mol. The summed E-state index contributed by atoms with van der Waals surface area (Å²) in [4.78, 5) is 39.3. The van der Waals surface area contributed by atoms with Gasteiger partial charge in [0.15, 0.2) is 6.10 Å². The van der Waals surface area contributed by atoms with Crippen LogP contribution in [0.5, 0.6) is 0 Å². The first kappa shape index (κ1) is 24.5. The van der Waals surface area contributed by atoms with E-state index in [1.807, 2.05) is 0 Å². The van der Waals surface area contributed by atoms with E-state index < -0.39 is 41.8 Å². The SMILES string of the molecule is CC(OC(=O)C1Cc2ccccc2C(=O)O1)C(=O)Nc1cc(C(F)(F)F)ccc1N1CCOCC1. The van der Waals surface area contributed by atoms with E-state index in [0.29, 0.717) is 43.1 Å². The van der Waals surface area contributed by atoms with Crippen molar-refractivity contribution in [1.29, 1.82) is 0 Å². The highest BCUT2D eigenvalue weighted by Crippen LogP contribution is 2.36. The number of benzene rings is 2. The fraction of sp³-hybridized carbons (Fsp3) is 0.375. The van der Waals surface area contributed by atoms with Crippen molar-refractivity contribution in [3.8, 4) is 0 Å². The largest absolute Gasteiger partial charge is 0.450 e. The lowest BCUT2D eigenvalue weighted by molar-refractivity contribution is -0.162. The summed E-state index contributed by atoms with van der Waals surface area (Å²) in [6.45, 7) is 2.95. The average molecular weight is 492 g/mol. The molecule has 2 aromatic carbocycles. The minimum atomic E-state index is -4.61. The summed E-state index contributed by atoms with van der Waals surface area (Å²) in [6, 6.07) is 9.74. The highest BCUT2D eigenvalue weighted by Gasteiger charge is 2.35. The molecule has 2 aliphatic heterocycles. The zero-order chi connectivity index (χ0) is 25.2. The molecular formula is C24H23F3N2O6. The van der Waals surface area contributed by atoms with Gasteiger partial charge in [-0.1, -0.05) is 18.2 Å². The van der Waals surface area contributed by atoms with Crippen LogP contribution in [0.2, 0.25) is 0 Å². The number of rotatable bonds is 5.